The second kappa shape index (κ2) is 6.67. The minimum Gasteiger partial charge on any atom is -0.349 e. The minimum atomic E-state index is -0.957. The molecule has 5 nitrogen and oxygen atoms in total. The number of nitrogens with zero attached hydrogens (tertiary/aromatic N) is 2. The van der Waals surface area contributed by atoms with E-state index in [2.05, 4.69) is 10.3 Å². The third-order valence-electron chi connectivity index (χ3n) is 5.50. The lowest BCUT2D eigenvalue weighted by Crippen LogP contribution is -2.40. The van der Waals surface area contributed by atoms with Gasteiger partial charge in [-0.1, -0.05) is 6.07 Å². The summed E-state index contributed by atoms with van der Waals surface area (Å²) < 4.78 is 13.1. The van der Waals surface area contributed by atoms with Crippen molar-refractivity contribution in [2.75, 3.05) is 13.1 Å². The van der Waals surface area contributed by atoms with Gasteiger partial charge in [0.25, 0.3) is 5.91 Å². The SMILES string of the molecule is CC(NC(=O)c1ccc2ncccc2c1)C1CCN(C(=O)C2CC2F)C1. The minimum absolute atomic E-state index is 0.0507. The van der Waals surface area contributed by atoms with Crippen LogP contribution in [0.1, 0.15) is 30.1 Å². The molecular formula is C20H22FN3O2. The van der Waals surface area contributed by atoms with Gasteiger partial charge in [0, 0.05) is 36.3 Å². The first-order chi connectivity index (χ1) is 12.5. The molecule has 6 heteroatoms. The first-order valence-electron chi connectivity index (χ1n) is 9.11. The molecule has 2 heterocycles. The monoisotopic (exact) mass is 355 g/mol. The number of hydrogen-bond donors (Lipinski definition) is 1. The van der Waals surface area contributed by atoms with E-state index in [4.69, 9.17) is 0 Å². The number of nitrogens with one attached hydrogen (secondary N) is 1. The Morgan fingerprint density at radius 1 is 1.35 bits per heavy atom. The van der Waals surface area contributed by atoms with Gasteiger partial charge in [0.2, 0.25) is 5.91 Å². The first kappa shape index (κ1) is 16.9. The number of fused-ring (bicyclic) bond motifs is 1. The molecule has 4 atom stereocenters. The van der Waals surface area contributed by atoms with Crippen LogP contribution in [0.25, 0.3) is 10.9 Å². The Morgan fingerprint density at radius 2 is 2.15 bits per heavy atom. The van der Waals surface area contributed by atoms with Gasteiger partial charge in [0.05, 0.1) is 11.4 Å². The highest BCUT2D eigenvalue weighted by molar-refractivity contribution is 5.98. The van der Waals surface area contributed by atoms with Crippen LogP contribution in [0, 0.1) is 11.8 Å². The summed E-state index contributed by atoms with van der Waals surface area (Å²) in [6, 6.07) is 9.18. The van der Waals surface area contributed by atoms with Crippen molar-refractivity contribution in [2.45, 2.75) is 32.0 Å². The predicted molar refractivity (Wildman–Crippen MR) is 96.4 cm³/mol. The average Bonchev–Trinajstić information content (AvgIpc) is 3.18. The molecule has 26 heavy (non-hydrogen) atoms. The number of alkyl halides is 1. The highest BCUT2D eigenvalue weighted by Gasteiger charge is 2.47. The number of carbonyl (C=O) groups excluding carboxylic acids is 2. The van der Waals surface area contributed by atoms with E-state index in [1.165, 1.54) is 0 Å². The fourth-order valence-electron chi connectivity index (χ4n) is 3.67. The zero-order valence-corrected chi connectivity index (χ0v) is 14.7. The van der Waals surface area contributed by atoms with Crippen LogP contribution in [-0.2, 0) is 4.79 Å². The Bertz CT molecular complexity index is 856. The maximum absolute atomic E-state index is 13.1. The third kappa shape index (κ3) is 3.28. The van der Waals surface area contributed by atoms with Crippen LogP contribution in [0.2, 0.25) is 0 Å². The molecule has 2 amide bonds. The van der Waals surface area contributed by atoms with E-state index in [1.807, 2.05) is 31.2 Å². The maximum atomic E-state index is 13.1. The van der Waals surface area contributed by atoms with E-state index in [1.54, 1.807) is 17.2 Å². The molecule has 1 aromatic heterocycles. The molecule has 0 spiro atoms. The fourth-order valence-corrected chi connectivity index (χ4v) is 3.67. The van der Waals surface area contributed by atoms with Crippen molar-refractivity contribution in [3.63, 3.8) is 0 Å². The number of halogens is 1. The van der Waals surface area contributed by atoms with Crippen LogP contribution in [-0.4, -0.2) is 47.0 Å². The molecule has 1 aliphatic heterocycles. The lowest BCUT2D eigenvalue weighted by molar-refractivity contribution is -0.132. The molecule has 136 valence electrons. The van der Waals surface area contributed by atoms with Crippen LogP contribution >= 0.6 is 0 Å². The van der Waals surface area contributed by atoms with Gasteiger partial charge in [0.15, 0.2) is 0 Å². The summed E-state index contributed by atoms with van der Waals surface area (Å²) in [5.74, 6) is -0.425. The maximum Gasteiger partial charge on any atom is 0.251 e. The zero-order valence-electron chi connectivity index (χ0n) is 14.7. The Labute approximate surface area is 151 Å². The summed E-state index contributed by atoms with van der Waals surface area (Å²) in [5.41, 5.74) is 1.45. The average molecular weight is 355 g/mol. The molecule has 1 saturated carbocycles. The van der Waals surface area contributed by atoms with Gasteiger partial charge in [-0.25, -0.2) is 4.39 Å². The Hall–Kier alpha value is -2.50. The van der Waals surface area contributed by atoms with Crippen molar-refractivity contribution in [3.05, 3.63) is 42.1 Å². The topological polar surface area (TPSA) is 62.3 Å². The van der Waals surface area contributed by atoms with Crippen LogP contribution in [0.3, 0.4) is 0 Å². The number of hydrogen-bond acceptors (Lipinski definition) is 3. The normalized spacial score (nSPS) is 25.9. The summed E-state index contributed by atoms with van der Waals surface area (Å²) >= 11 is 0. The third-order valence-corrected chi connectivity index (χ3v) is 5.50. The fraction of sp³-hybridized carbons (Fsp3) is 0.450. The van der Waals surface area contributed by atoms with Crippen molar-refractivity contribution in [2.24, 2.45) is 11.8 Å². The zero-order chi connectivity index (χ0) is 18.3. The second-order valence-electron chi connectivity index (χ2n) is 7.36. The molecule has 2 aromatic rings. The number of carbonyl (C=O) groups is 2. The largest absolute Gasteiger partial charge is 0.349 e. The Kier molecular flexibility index (Phi) is 4.34. The number of amides is 2. The van der Waals surface area contributed by atoms with Gasteiger partial charge in [-0.3, -0.25) is 14.6 Å². The van der Waals surface area contributed by atoms with Gasteiger partial charge in [-0.05, 0) is 49.9 Å². The molecule has 2 aliphatic rings. The van der Waals surface area contributed by atoms with E-state index in [0.717, 1.165) is 17.3 Å². The van der Waals surface area contributed by atoms with E-state index < -0.39 is 12.1 Å². The smallest absolute Gasteiger partial charge is 0.251 e. The van der Waals surface area contributed by atoms with Crippen molar-refractivity contribution < 1.29 is 14.0 Å². The number of rotatable bonds is 4. The van der Waals surface area contributed by atoms with Gasteiger partial charge in [-0.15, -0.1) is 0 Å². The summed E-state index contributed by atoms with van der Waals surface area (Å²) in [5, 5.41) is 3.97. The van der Waals surface area contributed by atoms with Crippen molar-refractivity contribution in [3.8, 4) is 0 Å². The Balaban J connectivity index is 1.37. The molecule has 2 fully saturated rings. The van der Waals surface area contributed by atoms with Crippen molar-refractivity contribution in [1.29, 1.82) is 0 Å². The molecular weight excluding hydrogens is 333 g/mol. The van der Waals surface area contributed by atoms with E-state index in [0.29, 0.717) is 25.1 Å². The lowest BCUT2D eigenvalue weighted by atomic mass is 10.00. The van der Waals surface area contributed by atoms with Crippen LogP contribution < -0.4 is 5.32 Å². The van der Waals surface area contributed by atoms with Crippen LogP contribution in [0.4, 0.5) is 4.39 Å². The molecule has 0 radical (unpaired) electrons. The van der Waals surface area contributed by atoms with Gasteiger partial charge in [-0.2, -0.15) is 0 Å². The highest BCUT2D eigenvalue weighted by atomic mass is 19.1. The van der Waals surface area contributed by atoms with E-state index >= 15 is 0 Å². The molecule has 0 bridgehead atoms. The van der Waals surface area contributed by atoms with Gasteiger partial charge in [0.1, 0.15) is 6.17 Å². The van der Waals surface area contributed by atoms with Gasteiger partial charge >= 0.3 is 0 Å². The molecule has 4 unspecified atom stereocenters. The van der Waals surface area contributed by atoms with Crippen LogP contribution in [0.15, 0.2) is 36.5 Å². The molecule has 4 rings (SSSR count). The Morgan fingerprint density at radius 3 is 2.92 bits per heavy atom. The standard InChI is InChI=1S/C20H22FN3O2/c1-12(15-6-8-24(11-15)20(26)16-10-17(16)21)23-19(25)14-4-5-18-13(9-14)3-2-7-22-18/h2-5,7,9,12,15-17H,6,8,10-11H2,1H3,(H,23,25). The number of benzene rings is 1. The summed E-state index contributed by atoms with van der Waals surface area (Å²) in [6.45, 7) is 3.20. The molecule has 1 N–H and O–H groups in total. The van der Waals surface area contributed by atoms with Crippen molar-refractivity contribution >= 4 is 22.7 Å². The lowest BCUT2D eigenvalue weighted by Gasteiger charge is -2.22. The molecule has 1 aromatic carbocycles. The predicted octanol–water partition coefficient (Wildman–Crippen LogP) is 2.56. The quantitative estimate of drug-likeness (QED) is 0.917. The van der Waals surface area contributed by atoms with E-state index in [-0.39, 0.29) is 23.8 Å². The van der Waals surface area contributed by atoms with Gasteiger partial charge < -0.3 is 10.2 Å². The van der Waals surface area contributed by atoms with Crippen LogP contribution in [0.5, 0.6) is 0 Å². The first-order valence-corrected chi connectivity index (χ1v) is 9.11. The highest BCUT2D eigenvalue weighted by Crippen LogP contribution is 2.36. The second-order valence-corrected chi connectivity index (χ2v) is 7.36. The molecule has 1 aliphatic carbocycles. The number of aromatic nitrogens is 1. The number of likely N-dealkylation sites (tertiary alicyclic amines) is 1. The number of pyridine rings is 1. The van der Waals surface area contributed by atoms with Crippen molar-refractivity contribution in [1.82, 2.24) is 15.2 Å². The summed E-state index contributed by atoms with van der Waals surface area (Å²) in [4.78, 5) is 30.7. The van der Waals surface area contributed by atoms with E-state index in [9.17, 15) is 14.0 Å². The summed E-state index contributed by atoms with van der Waals surface area (Å²) in [6.07, 6.45) is 1.96. The molecule has 1 saturated heterocycles. The summed E-state index contributed by atoms with van der Waals surface area (Å²) in [7, 11) is 0.